The van der Waals surface area contributed by atoms with Crippen LogP contribution in [0.15, 0.2) is 12.1 Å². The Bertz CT molecular complexity index is 358. The van der Waals surface area contributed by atoms with Crippen molar-refractivity contribution in [1.29, 1.82) is 0 Å². The van der Waals surface area contributed by atoms with E-state index in [9.17, 15) is 13.6 Å². The molecule has 0 unspecified atom stereocenters. The van der Waals surface area contributed by atoms with E-state index in [-0.39, 0.29) is 5.56 Å². The lowest BCUT2D eigenvalue weighted by Crippen LogP contribution is -2.24. The molecule has 1 aromatic rings. The number of rotatable bonds is 2. The van der Waals surface area contributed by atoms with Gasteiger partial charge in [0.15, 0.2) is 17.4 Å². The van der Waals surface area contributed by atoms with E-state index in [1.165, 1.54) is 0 Å². The summed E-state index contributed by atoms with van der Waals surface area (Å²) in [5, 5.41) is 0. The Hall–Kier alpha value is -1.45. The molecule has 0 bridgehead atoms. The van der Waals surface area contributed by atoms with Crippen LogP contribution in [0.2, 0.25) is 0 Å². The van der Waals surface area contributed by atoms with E-state index < -0.39 is 23.0 Å². The van der Waals surface area contributed by atoms with Gasteiger partial charge in [0, 0.05) is 5.56 Å². The third-order valence-corrected chi connectivity index (χ3v) is 1.56. The maximum atomic E-state index is 13.3. The SMILES string of the molecule is CC(C)(C)Oc1c(F)cc(C=O)cc1F. The molecule has 0 aromatic heterocycles. The third kappa shape index (κ3) is 3.01. The summed E-state index contributed by atoms with van der Waals surface area (Å²) in [4.78, 5) is 10.3. The van der Waals surface area contributed by atoms with E-state index in [1.54, 1.807) is 20.8 Å². The molecule has 0 fully saturated rings. The molecule has 0 aliphatic carbocycles. The van der Waals surface area contributed by atoms with Gasteiger partial charge in [-0.15, -0.1) is 0 Å². The largest absolute Gasteiger partial charge is 0.482 e. The molecule has 4 heteroatoms. The smallest absolute Gasteiger partial charge is 0.191 e. The highest BCUT2D eigenvalue weighted by atomic mass is 19.1. The van der Waals surface area contributed by atoms with Crippen molar-refractivity contribution < 1.29 is 18.3 Å². The highest BCUT2D eigenvalue weighted by molar-refractivity contribution is 5.75. The summed E-state index contributed by atoms with van der Waals surface area (Å²) in [6.07, 6.45) is 0.382. The summed E-state index contributed by atoms with van der Waals surface area (Å²) in [7, 11) is 0. The van der Waals surface area contributed by atoms with Gasteiger partial charge in [-0.2, -0.15) is 0 Å². The molecule has 1 aromatic carbocycles. The maximum Gasteiger partial charge on any atom is 0.191 e. The molecule has 0 heterocycles. The lowest BCUT2D eigenvalue weighted by molar-refractivity contribution is 0.111. The predicted octanol–water partition coefficient (Wildman–Crippen LogP) is 2.95. The molecular formula is C11H12F2O2. The average Bonchev–Trinajstić information content (AvgIpc) is 2.09. The highest BCUT2D eigenvalue weighted by Gasteiger charge is 2.19. The molecule has 0 saturated carbocycles. The van der Waals surface area contributed by atoms with Crippen molar-refractivity contribution in [2.24, 2.45) is 0 Å². The fraction of sp³-hybridized carbons (Fsp3) is 0.364. The molecule has 0 atom stereocenters. The first kappa shape index (κ1) is 11.6. The van der Waals surface area contributed by atoms with Crippen molar-refractivity contribution in [2.75, 3.05) is 0 Å². The number of ether oxygens (including phenoxy) is 1. The van der Waals surface area contributed by atoms with E-state index in [2.05, 4.69) is 0 Å². The number of aldehydes is 1. The number of hydrogen-bond acceptors (Lipinski definition) is 2. The number of carbonyl (C=O) groups is 1. The Kier molecular flexibility index (Phi) is 3.07. The first-order valence-electron chi connectivity index (χ1n) is 4.47. The Morgan fingerprint density at radius 1 is 1.20 bits per heavy atom. The molecule has 0 spiro atoms. The van der Waals surface area contributed by atoms with Gasteiger partial charge in [-0.3, -0.25) is 4.79 Å². The monoisotopic (exact) mass is 214 g/mol. The summed E-state index contributed by atoms with van der Waals surface area (Å²) in [6.45, 7) is 5.04. The van der Waals surface area contributed by atoms with Crippen LogP contribution in [-0.2, 0) is 0 Å². The number of hydrogen-bond donors (Lipinski definition) is 0. The van der Waals surface area contributed by atoms with Gasteiger partial charge in [-0.05, 0) is 32.9 Å². The Morgan fingerprint density at radius 3 is 2.00 bits per heavy atom. The molecule has 15 heavy (non-hydrogen) atoms. The van der Waals surface area contributed by atoms with Gasteiger partial charge in [0.1, 0.15) is 11.9 Å². The number of carbonyl (C=O) groups excluding carboxylic acids is 1. The first-order chi connectivity index (χ1) is 6.83. The zero-order valence-corrected chi connectivity index (χ0v) is 8.80. The van der Waals surface area contributed by atoms with Crippen LogP contribution in [0.4, 0.5) is 8.78 Å². The van der Waals surface area contributed by atoms with Gasteiger partial charge in [-0.25, -0.2) is 8.78 Å². The van der Waals surface area contributed by atoms with Gasteiger partial charge in [0.25, 0.3) is 0 Å². The summed E-state index contributed by atoms with van der Waals surface area (Å²) < 4.78 is 31.7. The van der Waals surface area contributed by atoms with E-state index in [0.717, 1.165) is 12.1 Å². The van der Waals surface area contributed by atoms with Gasteiger partial charge in [0.2, 0.25) is 0 Å². The molecule has 0 N–H and O–H groups in total. The van der Waals surface area contributed by atoms with Gasteiger partial charge in [-0.1, -0.05) is 0 Å². The highest BCUT2D eigenvalue weighted by Crippen LogP contribution is 2.26. The van der Waals surface area contributed by atoms with Gasteiger partial charge in [0.05, 0.1) is 0 Å². The standard InChI is InChI=1S/C11H12F2O2/c1-11(2,3)15-10-8(12)4-7(6-14)5-9(10)13/h4-6H,1-3H3. The lowest BCUT2D eigenvalue weighted by Gasteiger charge is -2.21. The number of halogens is 2. The fourth-order valence-corrected chi connectivity index (χ4v) is 1.05. The van der Waals surface area contributed by atoms with E-state index >= 15 is 0 Å². The average molecular weight is 214 g/mol. The minimum Gasteiger partial charge on any atom is -0.482 e. The van der Waals surface area contributed by atoms with E-state index in [4.69, 9.17) is 4.74 Å². The molecule has 1 rings (SSSR count). The maximum absolute atomic E-state index is 13.3. The predicted molar refractivity (Wildman–Crippen MR) is 52.1 cm³/mol. The van der Waals surface area contributed by atoms with Crippen molar-refractivity contribution in [2.45, 2.75) is 26.4 Å². The molecule has 0 saturated heterocycles. The van der Waals surface area contributed by atoms with Crippen LogP contribution >= 0.6 is 0 Å². The van der Waals surface area contributed by atoms with Crippen LogP contribution in [0.3, 0.4) is 0 Å². The van der Waals surface area contributed by atoms with Crippen LogP contribution in [0.5, 0.6) is 5.75 Å². The molecule has 0 aliphatic heterocycles. The summed E-state index contributed by atoms with van der Waals surface area (Å²) in [5.74, 6) is -2.19. The molecule has 0 radical (unpaired) electrons. The molecule has 0 aliphatic rings. The Labute approximate surface area is 86.9 Å². The van der Waals surface area contributed by atoms with Crippen molar-refractivity contribution in [3.05, 3.63) is 29.3 Å². The normalized spacial score (nSPS) is 11.3. The van der Waals surface area contributed by atoms with Gasteiger partial charge >= 0.3 is 0 Å². The summed E-state index contributed by atoms with van der Waals surface area (Å²) in [6, 6.07) is 1.88. The zero-order chi connectivity index (χ0) is 11.6. The molecular weight excluding hydrogens is 202 g/mol. The quantitative estimate of drug-likeness (QED) is 0.707. The number of benzene rings is 1. The van der Waals surface area contributed by atoms with Crippen LogP contribution in [0.1, 0.15) is 31.1 Å². The summed E-state index contributed by atoms with van der Waals surface area (Å²) in [5.41, 5.74) is -0.740. The second-order valence-electron chi connectivity index (χ2n) is 4.15. The second kappa shape index (κ2) is 3.96. The topological polar surface area (TPSA) is 26.3 Å². The van der Waals surface area contributed by atoms with Crippen molar-refractivity contribution in [3.63, 3.8) is 0 Å². The third-order valence-electron chi connectivity index (χ3n) is 1.56. The first-order valence-corrected chi connectivity index (χ1v) is 4.47. The minimum absolute atomic E-state index is 0.0498. The van der Waals surface area contributed by atoms with Crippen LogP contribution in [-0.4, -0.2) is 11.9 Å². The molecule has 82 valence electrons. The van der Waals surface area contributed by atoms with E-state index in [1.807, 2.05) is 0 Å². The van der Waals surface area contributed by atoms with Crippen LogP contribution in [0.25, 0.3) is 0 Å². The van der Waals surface area contributed by atoms with Crippen molar-refractivity contribution >= 4 is 6.29 Å². The van der Waals surface area contributed by atoms with Crippen molar-refractivity contribution in [1.82, 2.24) is 0 Å². The molecule has 2 nitrogen and oxygen atoms in total. The molecule has 0 amide bonds. The van der Waals surface area contributed by atoms with Crippen molar-refractivity contribution in [3.8, 4) is 5.75 Å². The lowest BCUT2D eigenvalue weighted by atomic mass is 10.1. The van der Waals surface area contributed by atoms with E-state index in [0.29, 0.717) is 6.29 Å². The zero-order valence-electron chi connectivity index (χ0n) is 8.80. The Balaban J connectivity index is 3.14. The Morgan fingerprint density at radius 2 is 1.67 bits per heavy atom. The van der Waals surface area contributed by atoms with Crippen LogP contribution < -0.4 is 4.74 Å². The second-order valence-corrected chi connectivity index (χ2v) is 4.15. The van der Waals surface area contributed by atoms with Gasteiger partial charge < -0.3 is 4.74 Å². The fourth-order valence-electron chi connectivity index (χ4n) is 1.05. The summed E-state index contributed by atoms with van der Waals surface area (Å²) >= 11 is 0. The minimum atomic E-state index is -0.868. The van der Waals surface area contributed by atoms with Crippen LogP contribution in [0, 0.1) is 11.6 Å².